The lowest BCUT2D eigenvalue weighted by molar-refractivity contribution is 0.0931. The third kappa shape index (κ3) is 3.28. The molecule has 17 heavy (non-hydrogen) atoms. The van der Waals surface area contributed by atoms with Gasteiger partial charge in [-0.3, -0.25) is 4.79 Å². The predicted molar refractivity (Wildman–Crippen MR) is 74.0 cm³/mol. The van der Waals surface area contributed by atoms with Crippen molar-refractivity contribution in [3.8, 4) is 0 Å². The lowest BCUT2D eigenvalue weighted by atomic mass is 9.95. The number of hydrogen-bond donors (Lipinski definition) is 1. The molecule has 2 rings (SSSR count). The molecular weight excluding hydrogens is 300 g/mol. The van der Waals surface area contributed by atoms with Gasteiger partial charge in [-0.15, -0.1) is 11.3 Å². The zero-order valence-corrected chi connectivity index (χ0v) is 12.5. The molecule has 1 aromatic heterocycles. The normalized spacial score (nSPS) is 24.6. The molecule has 1 heterocycles. The third-order valence-corrected chi connectivity index (χ3v) is 5.09. The van der Waals surface area contributed by atoms with Gasteiger partial charge in [0.05, 0.1) is 10.7 Å². The molecule has 1 fully saturated rings. The molecular formula is C12H17BrN2OS. The van der Waals surface area contributed by atoms with Crippen molar-refractivity contribution in [2.75, 3.05) is 0 Å². The molecule has 1 N–H and O–H groups in total. The highest BCUT2D eigenvalue weighted by molar-refractivity contribution is 9.09. The highest BCUT2D eigenvalue weighted by atomic mass is 79.9. The van der Waals surface area contributed by atoms with E-state index in [-0.39, 0.29) is 5.91 Å². The number of aryl methyl sites for hydroxylation is 2. The van der Waals surface area contributed by atoms with Gasteiger partial charge in [-0.1, -0.05) is 15.9 Å². The van der Waals surface area contributed by atoms with Crippen molar-refractivity contribution in [1.29, 1.82) is 0 Å². The third-order valence-electron chi connectivity index (χ3n) is 3.10. The van der Waals surface area contributed by atoms with Crippen molar-refractivity contribution in [3.05, 3.63) is 15.6 Å². The summed E-state index contributed by atoms with van der Waals surface area (Å²) in [5.74, 6) is 0.0473. The number of thiazole rings is 1. The van der Waals surface area contributed by atoms with Gasteiger partial charge in [0.15, 0.2) is 0 Å². The van der Waals surface area contributed by atoms with E-state index < -0.39 is 0 Å². The van der Waals surface area contributed by atoms with Gasteiger partial charge >= 0.3 is 0 Å². The summed E-state index contributed by atoms with van der Waals surface area (Å²) < 4.78 is 0. The fraction of sp³-hybridized carbons (Fsp3) is 0.667. The first-order valence-corrected chi connectivity index (χ1v) is 7.68. The highest BCUT2D eigenvalue weighted by Crippen LogP contribution is 2.25. The van der Waals surface area contributed by atoms with E-state index in [4.69, 9.17) is 0 Å². The van der Waals surface area contributed by atoms with Crippen molar-refractivity contribution in [2.45, 2.75) is 50.4 Å². The van der Waals surface area contributed by atoms with Gasteiger partial charge in [0.2, 0.25) is 0 Å². The van der Waals surface area contributed by atoms with Crippen molar-refractivity contribution >= 4 is 33.2 Å². The standard InChI is InChI=1S/C12H17BrN2OS/c1-7-11(17-8(2)14-7)12(16)15-10-5-3-9(13)4-6-10/h9-10H,3-6H2,1-2H3,(H,15,16). The van der Waals surface area contributed by atoms with Crippen LogP contribution in [-0.2, 0) is 0 Å². The second-order valence-corrected chi connectivity index (χ2v) is 7.07. The van der Waals surface area contributed by atoms with Gasteiger partial charge in [-0.05, 0) is 39.5 Å². The van der Waals surface area contributed by atoms with Gasteiger partial charge in [0.25, 0.3) is 5.91 Å². The maximum atomic E-state index is 12.1. The Hall–Kier alpha value is -0.420. The van der Waals surface area contributed by atoms with Crippen molar-refractivity contribution in [1.82, 2.24) is 10.3 Å². The smallest absolute Gasteiger partial charge is 0.263 e. The Morgan fingerprint density at radius 1 is 1.35 bits per heavy atom. The maximum Gasteiger partial charge on any atom is 0.263 e. The number of nitrogens with zero attached hydrogens (tertiary/aromatic N) is 1. The number of alkyl halides is 1. The summed E-state index contributed by atoms with van der Waals surface area (Å²) in [4.78, 5) is 17.8. The minimum absolute atomic E-state index is 0.0473. The number of rotatable bonds is 2. The number of nitrogens with one attached hydrogen (secondary N) is 1. The number of halogens is 1. The van der Waals surface area contributed by atoms with Gasteiger partial charge in [0, 0.05) is 10.9 Å². The Labute approximate surface area is 114 Å². The molecule has 0 spiro atoms. The van der Waals surface area contributed by atoms with Crippen LogP contribution >= 0.6 is 27.3 Å². The molecule has 0 aliphatic heterocycles. The molecule has 94 valence electrons. The number of aromatic nitrogens is 1. The first-order chi connectivity index (χ1) is 8.06. The molecule has 0 bridgehead atoms. The molecule has 0 aromatic carbocycles. The average Bonchev–Trinajstić information content (AvgIpc) is 2.61. The van der Waals surface area contributed by atoms with Crippen LogP contribution in [0.5, 0.6) is 0 Å². The Kier molecular flexibility index (Phi) is 4.20. The second kappa shape index (κ2) is 5.48. The fourth-order valence-electron chi connectivity index (χ4n) is 2.19. The molecule has 1 saturated carbocycles. The van der Waals surface area contributed by atoms with Crippen molar-refractivity contribution in [3.63, 3.8) is 0 Å². The van der Waals surface area contributed by atoms with E-state index in [9.17, 15) is 4.79 Å². The molecule has 0 atom stereocenters. The molecule has 0 unspecified atom stereocenters. The van der Waals surface area contributed by atoms with Gasteiger partial charge in [0.1, 0.15) is 4.88 Å². The Bertz CT molecular complexity index is 411. The van der Waals surface area contributed by atoms with Gasteiger partial charge < -0.3 is 5.32 Å². The van der Waals surface area contributed by atoms with E-state index in [1.807, 2.05) is 13.8 Å². The maximum absolute atomic E-state index is 12.1. The van der Waals surface area contributed by atoms with Crippen molar-refractivity contribution < 1.29 is 4.79 Å². The number of carbonyl (C=O) groups excluding carboxylic acids is 1. The van der Waals surface area contributed by atoms with Crippen LogP contribution in [0.3, 0.4) is 0 Å². The van der Waals surface area contributed by atoms with Crippen molar-refractivity contribution in [2.24, 2.45) is 0 Å². The minimum Gasteiger partial charge on any atom is -0.349 e. The molecule has 0 saturated heterocycles. The van der Waals surface area contributed by atoms with E-state index in [2.05, 4.69) is 26.2 Å². The molecule has 1 aliphatic carbocycles. The largest absolute Gasteiger partial charge is 0.349 e. The molecule has 1 aliphatic rings. The number of amides is 1. The number of carbonyl (C=O) groups is 1. The monoisotopic (exact) mass is 316 g/mol. The number of hydrogen-bond acceptors (Lipinski definition) is 3. The van der Waals surface area contributed by atoms with Gasteiger partial charge in [-0.2, -0.15) is 0 Å². The van der Waals surface area contributed by atoms with Crippen LogP contribution in [0.15, 0.2) is 0 Å². The minimum atomic E-state index is 0.0473. The summed E-state index contributed by atoms with van der Waals surface area (Å²) in [6, 6.07) is 0.332. The molecule has 3 nitrogen and oxygen atoms in total. The predicted octanol–water partition coefficient (Wildman–Crippen LogP) is 3.20. The van der Waals surface area contributed by atoms with Crippen LogP contribution in [-0.4, -0.2) is 21.8 Å². The summed E-state index contributed by atoms with van der Waals surface area (Å²) in [6.45, 7) is 3.83. The Morgan fingerprint density at radius 2 is 2.00 bits per heavy atom. The summed E-state index contributed by atoms with van der Waals surface area (Å²) in [5.41, 5.74) is 0.846. The van der Waals surface area contributed by atoms with E-state index in [0.717, 1.165) is 41.3 Å². The van der Waals surface area contributed by atoms with Crippen LogP contribution in [0.4, 0.5) is 0 Å². The highest BCUT2D eigenvalue weighted by Gasteiger charge is 2.22. The average molecular weight is 317 g/mol. The lowest BCUT2D eigenvalue weighted by Gasteiger charge is -2.25. The Morgan fingerprint density at radius 3 is 2.53 bits per heavy atom. The van der Waals surface area contributed by atoms with E-state index in [0.29, 0.717) is 10.9 Å². The molecule has 1 aromatic rings. The molecule has 5 heteroatoms. The topological polar surface area (TPSA) is 42.0 Å². The SMILES string of the molecule is Cc1nc(C)c(C(=O)NC2CCC(Br)CC2)s1. The van der Waals surface area contributed by atoms with Crippen LogP contribution < -0.4 is 5.32 Å². The summed E-state index contributed by atoms with van der Waals surface area (Å²) in [5, 5.41) is 4.08. The van der Waals surface area contributed by atoms with E-state index in [1.54, 1.807) is 0 Å². The van der Waals surface area contributed by atoms with Crippen LogP contribution in [0.2, 0.25) is 0 Å². The quantitative estimate of drug-likeness (QED) is 0.851. The Balaban J connectivity index is 1.95. The zero-order chi connectivity index (χ0) is 12.4. The van der Waals surface area contributed by atoms with Gasteiger partial charge in [-0.25, -0.2) is 4.98 Å². The summed E-state index contributed by atoms with van der Waals surface area (Å²) >= 11 is 5.10. The molecule has 1 amide bonds. The zero-order valence-electron chi connectivity index (χ0n) is 10.1. The van der Waals surface area contributed by atoms with Crippen LogP contribution in [0.1, 0.15) is 46.1 Å². The van der Waals surface area contributed by atoms with E-state index >= 15 is 0 Å². The second-order valence-electron chi connectivity index (χ2n) is 4.57. The first kappa shape index (κ1) is 13.0. The summed E-state index contributed by atoms with van der Waals surface area (Å²) in [6.07, 6.45) is 4.42. The fourth-order valence-corrected chi connectivity index (χ4v) is 3.54. The van der Waals surface area contributed by atoms with E-state index in [1.165, 1.54) is 11.3 Å². The molecule has 0 radical (unpaired) electrons. The first-order valence-electron chi connectivity index (χ1n) is 5.95. The van der Waals surface area contributed by atoms with Crippen LogP contribution in [0.25, 0.3) is 0 Å². The van der Waals surface area contributed by atoms with Crippen LogP contribution in [0, 0.1) is 13.8 Å². The summed E-state index contributed by atoms with van der Waals surface area (Å²) in [7, 11) is 0. The lowest BCUT2D eigenvalue weighted by Crippen LogP contribution is -2.37.